The number of aromatic nitrogens is 1. The molecule has 0 fully saturated rings. The molecule has 0 aliphatic carbocycles. The average molecular weight is 256 g/mol. The standard InChI is InChI=1S/C10H14N2O4.C2H6/c1-7(14)12-10-4-9(2-3-11-10)16-6-8(15)5-13;1-2/h2-4,8,13,15H,5-6H2,1H3,(H,11,12,14);1-2H3. The number of carbonyl (C=O) groups excluding carboxylic acids is 1. The van der Waals surface area contributed by atoms with E-state index >= 15 is 0 Å². The number of aliphatic hydroxyl groups is 2. The Morgan fingerprint density at radius 2 is 2.22 bits per heavy atom. The molecule has 3 N–H and O–H groups in total. The van der Waals surface area contributed by atoms with Crippen molar-refractivity contribution in [2.45, 2.75) is 26.9 Å². The highest BCUT2D eigenvalue weighted by molar-refractivity contribution is 5.87. The van der Waals surface area contributed by atoms with Crippen LogP contribution in [0.4, 0.5) is 5.82 Å². The summed E-state index contributed by atoms with van der Waals surface area (Å²) in [5.41, 5.74) is 0. The Labute approximate surface area is 107 Å². The first-order valence-electron chi connectivity index (χ1n) is 5.77. The Morgan fingerprint density at radius 1 is 1.56 bits per heavy atom. The lowest BCUT2D eigenvalue weighted by atomic mass is 10.4. The van der Waals surface area contributed by atoms with Gasteiger partial charge in [-0.3, -0.25) is 4.79 Å². The SMILES string of the molecule is CC.CC(=O)Nc1cc(OCC(O)CO)ccn1. The van der Waals surface area contributed by atoms with Crippen LogP contribution in [0.15, 0.2) is 18.3 Å². The second kappa shape index (κ2) is 9.38. The van der Waals surface area contributed by atoms with Crippen molar-refractivity contribution in [3.63, 3.8) is 0 Å². The molecular formula is C12H20N2O4. The summed E-state index contributed by atoms with van der Waals surface area (Å²) < 4.78 is 5.18. The smallest absolute Gasteiger partial charge is 0.222 e. The molecule has 1 amide bonds. The highest BCUT2D eigenvalue weighted by atomic mass is 16.5. The molecule has 1 aromatic heterocycles. The number of hydrogen-bond acceptors (Lipinski definition) is 5. The molecule has 0 saturated carbocycles. The molecule has 1 rings (SSSR count). The molecule has 1 aromatic rings. The van der Waals surface area contributed by atoms with Gasteiger partial charge in [0, 0.05) is 19.2 Å². The summed E-state index contributed by atoms with van der Waals surface area (Å²) in [5, 5.41) is 20.2. The fourth-order valence-corrected chi connectivity index (χ4v) is 0.995. The number of aliphatic hydroxyl groups excluding tert-OH is 2. The largest absolute Gasteiger partial charge is 0.491 e. The van der Waals surface area contributed by atoms with Gasteiger partial charge in [0.15, 0.2) is 0 Å². The molecule has 18 heavy (non-hydrogen) atoms. The van der Waals surface area contributed by atoms with E-state index in [2.05, 4.69) is 10.3 Å². The van der Waals surface area contributed by atoms with E-state index in [9.17, 15) is 4.79 Å². The van der Waals surface area contributed by atoms with Crippen molar-refractivity contribution in [1.82, 2.24) is 4.98 Å². The van der Waals surface area contributed by atoms with Gasteiger partial charge in [0.2, 0.25) is 5.91 Å². The van der Waals surface area contributed by atoms with Crippen LogP contribution in [0.25, 0.3) is 0 Å². The molecular weight excluding hydrogens is 236 g/mol. The van der Waals surface area contributed by atoms with Crippen LogP contribution < -0.4 is 10.1 Å². The third-order valence-electron chi connectivity index (χ3n) is 1.69. The van der Waals surface area contributed by atoms with Crippen LogP contribution in [0.3, 0.4) is 0 Å². The fourth-order valence-electron chi connectivity index (χ4n) is 0.995. The molecule has 1 atom stereocenters. The second-order valence-corrected chi connectivity index (χ2v) is 3.21. The minimum Gasteiger partial charge on any atom is -0.491 e. The molecule has 6 heteroatoms. The molecule has 0 aliphatic heterocycles. The first-order chi connectivity index (χ1) is 8.61. The van der Waals surface area contributed by atoms with Gasteiger partial charge >= 0.3 is 0 Å². The first kappa shape index (κ1) is 16.3. The third kappa shape index (κ3) is 6.82. The van der Waals surface area contributed by atoms with Gasteiger partial charge in [0.1, 0.15) is 24.3 Å². The predicted molar refractivity (Wildman–Crippen MR) is 68.5 cm³/mol. The van der Waals surface area contributed by atoms with Crippen molar-refractivity contribution in [2.75, 3.05) is 18.5 Å². The van der Waals surface area contributed by atoms with Crippen molar-refractivity contribution < 1.29 is 19.7 Å². The summed E-state index contributed by atoms with van der Waals surface area (Å²) >= 11 is 0. The van der Waals surface area contributed by atoms with Gasteiger partial charge in [-0.2, -0.15) is 0 Å². The maximum atomic E-state index is 10.8. The second-order valence-electron chi connectivity index (χ2n) is 3.21. The fraction of sp³-hybridized carbons (Fsp3) is 0.500. The zero-order valence-electron chi connectivity index (χ0n) is 10.9. The predicted octanol–water partition coefficient (Wildman–Crippen LogP) is 0.798. The molecule has 0 aliphatic rings. The summed E-state index contributed by atoms with van der Waals surface area (Å²) in [5.74, 6) is 0.620. The summed E-state index contributed by atoms with van der Waals surface area (Å²) in [6, 6.07) is 3.13. The average Bonchev–Trinajstić information content (AvgIpc) is 2.38. The first-order valence-corrected chi connectivity index (χ1v) is 5.77. The maximum Gasteiger partial charge on any atom is 0.222 e. The van der Waals surface area contributed by atoms with E-state index in [0.29, 0.717) is 11.6 Å². The molecule has 0 spiro atoms. The van der Waals surface area contributed by atoms with Crippen LogP contribution in [0.5, 0.6) is 5.75 Å². The number of anilines is 1. The quantitative estimate of drug-likeness (QED) is 0.724. The Bertz CT molecular complexity index is 358. The zero-order valence-corrected chi connectivity index (χ0v) is 10.9. The van der Waals surface area contributed by atoms with Crippen molar-refractivity contribution in [2.24, 2.45) is 0 Å². The number of carbonyl (C=O) groups is 1. The molecule has 0 aromatic carbocycles. The number of hydrogen-bond donors (Lipinski definition) is 3. The van der Waals surface area contributed by atoms with Crippen LogP contribution in [0.2, 0.25) is 0 Å². The van der Waals surface area contributed by atoms with E-state index in [1.807, 2.05) is 13.8 Å². The van der Waals surface area contributed by atoms with E-state index < -0.39 is 6.10 Å². The number of pyridine rings is 1. The van der Waals surface area contributed by atoms with E-state index in [1.165, 1.54) is 19.2 Å². The normalized spacial score (nSPS) is 10.9. The minimum atomic E-state index is -0.919. The van der Waals surface area contributed by atoms with E-state index in [0.717, 1.165) is 0 Å². The zero-order chi connectivity index (χ0) is 14.0. The topological polar surface area (TPSA) is 91.7 Å². The van der Waals surface area contributed by atoms with Crippen LogP contribution in [0, 0.1) is 0 Å². The molecule has 0 saturated heterocycles. The summed E-state index contributed by atoms with van der Waals surface area (Å²) in [6.45, 7) is 5.01. The molecule has 6 nitrogen and oxygen atoms in total. The van der Waals surface area contributed by atoms with Gasteiger partial charge in [-0.15, -0.1) is 0 Å². The Morgan fingerprint density at radius 3 is 2.78 bits per heavy atom. The van der Waals surface area contributed by atoms with Gasteiger partial charge in [0.05, 0.1) is 6.61 Å². The molecule has 1 heterocycles. The lowest BCUT2D eigenvalue weighted by Gasteiger charge is -2.10. The van der Waals surface area contributed by atoms with Crippen molar-refractivity contribution in [1.29, 1.82) is 0 Å². The number of ether oxygens (including phenoxy) is 1. The summed E-state index contributed by atoms with van der Waals surface area (Å²) in [6.07, 6.45) is 0.559. The Hall–Kier alpha value is -1.66. The molecule has 0 radical (unpaired) electrons. The molecule has 0 bridgehead atoms. The molecule has 102 valence electrons. The van der Waals surface area contributed by atoms with Gasteiger partial charge in [0.25, 0.3) is 0 Å². The number of rotatable bonds is 5. The van der Waals surface area contributed by atoms with Crippen LogP contribution in [-0.2, 0) is 4.79 Å². The highest BCUT2D eigenvalue weighted by Gasteiger charge is 2.04. The molecule has 1 unspecified atom stereocenters. The lowest BCUT2D eigenvalue weighted by Crippen LogP contribution is -2.21. The highest BCUT2D eigenvalue weighted by Crippen LogP contribution is 2.14. The van der Waals surface area contributed by atoms with Gasteiger partial charge < -0.3 is 20.3 Å². The summed E-state index contributed by atoms with van der Waals surface area (Å²) in [4.78, 5) is 14.7. The van der Waals surface area contributed by atoms with Gasteiger partial charge in [-0.1, -0.05) is 13.8 Å². The number of amides is 1. The van der Waals surface area contributed by atoms with Crippen molar-refractivity contribution >= 4 is 11.7 Å². The number of nitrogens with zero attached hydrogens (tertiary/aromatic N) is 1. The monoisotopic (exact) mass is 256 g/mol. The Balaban J connectivity index is 0.00000137. The maximum absolute atomic E-state index is 10.8. The lowest BCUT2D eigenvalue weighted by molar-refractivity contribution is -0.114. The van der Waals surface area contributed by atoms with Crippen LogP contribution >= 0.6 is 0 Å². The number of nitrogens with one attached hydrogen (secondary N) is 1. The van der Waals surface area contributed by atoms with Crippen molar-refractivity contribution in [3.8, 4) is 5.75 Å². The van der Waals surface area contributed by atoms with Gasteiger partial charge in [-0.05, 0) is 6.07 Å². The summed E-state index contributed by atoms with van der Waals surface area (Å²) in [7, 11) is 0. The van der Waals surface area contributed by atoms with Crippen molar-refractivity contribution in [3.05, 3.63) is 18.3 Å². The third-order valence-corrected chi connectivity index (χ3v) is 1.69. The van der Waals surface area contributed by atoms with E-state index in [-0.39, 0.29) is 19.1 Å². The van der Waals surface area contributed by atoms with Crippen LogP contribution in [0.1, 0.15) is 20.8 Å². The Kier molecular flexibility index (Phi) is 8.51. The van der Waals surface area contributed by atoms with E-state index in [1.54, 1.807) is 6.07 Å². The van der Waals surface area contributed by atoms with E-state index in [4.69, 9.17) is 14.9 Å². The van der Waals surface area contributed by atoms with Crippen LogP contribution in [-0.4, -0.2) is 40.4 Å². The minimum absolute atomic E-state index is 0.0139. The van der Waals surface area contributed by atoms with Gasteiger partial charge in [-0.25, -0.2) is 4.98 Å².